The fourth-order valence-corrected chi connectivity index (χ4v) is 3.27. The van der Waals surface area contributed by atoms with Crippen LogP contribution in [-0.2, 0) is 0 Å². The van der Waals surface area contributed by atoms with Crippen molar-refractivity contribution < 1.29 is 19.0 Å². The molecule has 27 heavy (non-hydrogen) atoms. The highest BCUT2D eigenvalue weighted by Crippen LogP contribution is 2.28. The van der Waals surface area contributed by atoms with E-state index in [2.05, 4.69) is 15.9 Å². The molecule has 1 aliphatic heterocycles. The number of rotatable bonds is 8. The second-order valence-corrected chi connectivity index (χ2v) is 6.58. The van der Waals surface area contributed by atoms with Crippen LogP contribution in [0.1, 0.15) is 6.92 Å². The van der Waals surface area contributed by atoms with Crippen LogP contribution in [0, 0.1) is 5.82 Å². The van der Waals surface area contributed by atoms with E-state index in [9.17, 15) is 9.50 Å². The number of piperazine rings is 1. The van der Waals surface area contributed by atoms with Gasteiger partial charge in [-0.1, -0.05) is 24.3 Å². The van der Waals surface area contributed by atoms with Crippen LogP contribution < -0.4 is 14.4 Å². The predicted octanol–water partition coefficient (Wildman–Crippen LogP) is 2.79. The Morgan fingerprint density at radius 2 is 1.63 bits per heavy atom. The van der Waals surface area contributed by atoms with Crippen molar-refractivity contribution in [2.24, 2.45) is 0 Å². The first-order valence-electron chi connectivity index (χ1n) is 9.42. The van der Waals surface area contributed by atoms with Crippen LogP contribution in [0.3, 0.4) is 0 Å². The molecule has 0 aromatic heterocycles. The standard InChI is InChI=1S/C21H27FN2O3/c1-2-26-21-10-6-4-8-19(21)24-13-11-23(12-14-24)15-17(25)16-27-20-9-5-3-7-18(20)22/h3-10,17,25H,2,11-16H2,1H3. The Kier molecular flexibility index (Phi) is 6.90. The van der Waals surface area contributed by atoms with Crippen molar-refractivity contribution in [2.45, 2.75) is 13.0 Å². The molecule has 2 aromatic carbocycles. The van der Waals surface area contributed by atoms with Crippen molar-refractivity contribution >= 4 is 5.69 Å². The number of nitrogens with zero attached hydrogens (tertiary/aromatic N) is 2. The number of β-amino-alcohol motifs (C(OH)–C–C–N with tert-alkyl or cyclic N) is 1. The van der Waals surface area contributed by atoms with Crippen LogP contribution in [0.15, 0.2) is 48.5 Å². The average molecular weight is 374 g/mol. The smallest absolute Gasteiger partial charge is 0.165 e. The Bertz CT molecular complexity index is 720. The van der Waals surface area contributed by atoms with Gasteiger partial charge in [0.15, 0.2) is 11.6 Å². The summed E-state index contributed by atoms with van der Waals surface area (Å²) in [7, 11) is 0. The largest absolute Gasteiger partial charge is 0.492 e. The molecule has 0 amide bonds. The van der Waals surface area contributed by atoms with E-state index in [0.29, 0.717) is 13.2 Å². The monoisotopic (exact) mass is 374 g/mol. The third-order valence-electron chi connectivity index (χ3n) is 4.61. The third-order valence-corrected chi connectivity index (χ3v) is 4.61. The number of para-hydroxylation sites is 3. The van der Waals surface area contributed by atoms with Crippen LogP contribution in [0.4, 0.5) is 10.1 Å². The van der Waals surface area contributed by atoms with Gasteiger partial charge in [0.1, 0.15) is 18.5 Å². The zero-order chi connectivity index (χ0) is 19.1. The lowest BCUT2D eigenvalue weighted by molar-refractivity contribution is 0.0649. The lowest BCUT2D eigenvalue weighted by Gasteiger charge is -2.37. The number of aliphatic hydroxyl groups excluding tert-OH is 1. The molecule has 1 heterocycles. The van der Waals surface area contributed by atoms with Gasteiger partial charge in [-0.25, -0.2) is 4.39 Å². The number of ether oxygens (including phenoxy) is 2. The summed E-state index contributed by atoms with van der Waals surface area (Å²) in [4.78, 5) is 4.51. The van der Waals surface area contributed by atoms with E-state index in [1.54, 1.807) is 18.2 Å². The van der Waals surface area contributed by atoms with E-state index in [0.717, 1.165) is 37.6 Å². The fraction of sp³-hybridized carbons (Fsp3) is 0.429. The summed E-state index contributed by atoms with van der Waals surface area (Å²) in [6, 6.07) is 14.3. The number of halogens is 1. The van der Waals surface area contributed by atoms with Gasteiger partial charge >= 0.3 is 0 Å². The van der Waals surface area contributed by atoms with Gasteiger partial charge in [0.05, 0.1) is 12.3 Å². The van der Waals surface area contributed by atoms with Crippen molar-refractivity contribution in [3.63, 3.8) is 0 Å². The summed E-state index contributed by atoms with van der Waals surface area (Å²) in [5.74, 6) is 0.673. The summed E-state index contributed by atoms with van der Waals surface area (Å²) in [6.45, 7) is 6.64. The van der Waals surface area contributed by atoms with Crippen LogP contribution in [-0.4, -0.2) is 62.0 Å². The maximum Gasteiger partial charge on any atom is 0.165 e. The van der Waals surface area contributed by atoms with Gasteiger partial charge in [0.25, 0.3) is 0 Å². The molecule has 0 bridgehead atoms. The maximum absolute atomic E-state index is 13.6. The topological polar surface area (TPSA) is 45.2 Å². The minimum Gasteiger partial charge on any atom is -0.492 e. The summed E-state index contributed by atoms with van der Waals surface area (Å²) in [5.41, 5.74) is 1.11. The molecular weight excluding hydrogens is 347 g/mol. The molecule has 3 rings (SSSR count). The predicted molar refractivity (Wildman–Crippen MR) is 104 cm³/mol. The molecule has 0 spiro atoms. The molecule has 1 N–H and O–H groups in total. The molecule has 1 saturated heterocycles. The van der Waals surface area contributed by atoms with Crippen molar-refractivity contribution in [2.75, 3.05) is 50.8 Å². The molecule has 0 radical (unpaired) electrons. The zero-order valence-electron chi connectivity index (χ0n) is 15.7. The number of benzene rings is 2. The molecule has 0 saturated carbocycles. The highest BCUT2D eigenvalue weighted by atomic mass is 19.1. The van der Waals surface area contributed by atoms with Crippen LogP contribution in [0.5, 0.6) is 11.5 Å². The Balaban J connectivity index is 1.46. The van der Waals surface area contributed by atoms with Crippen molar-refractivity contribution in [3.8, 4) is 11.5 Å². The summed E-state index contributed by atoms with van der Waals surface area (Å²) < 4.78 is 24.7. The first-order chi connectivity index (χ1) is 13.2. The molecule has 6 heteroatoms. The Labute approximate surface area is 159 Å². The molecular formula is C21H27FN2O3. The van der Waals surface area contributed by atoms with E-state index >= 15 is 0 Å². The Hall–Kier alpha value is -2.31. The minimum absolute atomic E-state index is 0.0777. The van der Waals surface area contributed by atoms with E-state index in [4.69, 9.17) is 9.47 Å². The van der Waals surface area contributed by atoms with Crippen molar-refractivity contribution in [1.29, 1.82) is 0 Å². The Morgan fingerprint density at radius 3 is 2.33 bits per heavy atom. The minimum atomic E-state index is -0.660. The highest BCUT2D eigenvalue weighted by molar-refractivity contribution is 5.58. The second-order valence-electron chi connectivity index (χ2n) is 6.58. The number of hydrogen-bond donors (Lipinski definition) is 1. The lowest BCUT2D eigenvalue weighted by atomic mass is 10.2. The zero-order valence-corrected chi connectivity index (χ0v) is 15.7. The molecule has 1 unspecified atom stereocenters. The third kappa shape index (κ3) is 5.34. The quantitative estimate of drug-likeness (QED) is 0.770. The van der Waals surface area contributed by atoms with Gasteiger partial charge in [-0.2, -0.15) is 0 Å². The average Bonchev–Trinajstić information content (AvgIpc) is 2.69. The SMILES string of the molecule is CCOc1ccccc1N1CCN(CC(O)COc2ccccc2F)CC1. The van der Waals surface area contributed by atoms with E-state index in [-0.39, 0.29) is 12.4 Å². The van der Waals surface area contributed by atoms with Crippen molar-refractivity contribution in [1.82, 2.24) is 4.90 Å². The highest BCUT2D eigenvalue weighted by Gasteiger charge is 2.21. The maximum atomic E-state index is 13.6. The normalized spacial score (nSPS) is 16.2. The fourth-order valence-electron chi connectivity index (χ4n) is 3.27. The Morgan fingerprint density at radius 1 is 0.963 bits per heavy atom. The van der Waals surface area contributed by atoms with Crippen LogP contribution in [0.2, 0.25) is 0 Å². The van der Waals surface area contributed by atoms with Crippen LogP contribution >= 0.6 is 0 Å². The van der Waals surface area contributed by atoms with E-state index < -0.39 is 11.9 Å². The van der Waals surface area contributed by atoms with E-state index in [1.807, 2.05) is 25.1 Å². The number of anilines is 1. The summed E-state index contributed by atoms with van der Waals surface area (Å²) in [5, 5.41) is 10.2. The first-order valence-corrected chi connectivity index (χ1v) is 9.42. The molecule has 0 aliphatic carbocycles. The molecule has 1 aliphatic rings. The van der Waals surface area contributed by atoms with Crippen molar-refractivity contribution in [3.05, 3.63) is 54.3 Å². The van der Waals surface area contributed by atoms with Gasteiger partial charge in [-0.3, -0.25) is 4.90 Å². The molecule has 1 fully saturated rings. The lowest BCUT2D eigenvalue weighted by Crippen LogP contribution is -2.49. The van der Waals surface area contributed by atoms with Crippen LogP contribution in [0.25, 0.3) is 0 Å². The number of aliphatic hydroxyl groups is 1. The second kappa shape index (κ2) is 9.58. The summed E-state index contributed by atoms with van der Waals surface area (Å²) >= 11 is 0. The summed E-state index contributed by atoms with van der Waals surface area (Å²) in [6.07, 6.45) is -0.660. The van der Waals surface area contributed by atoms with Gasteiger partial charge in [0.2, 0.25) is 0 Å². The molecule has 1 atom stereocenters. The first kappa shape index (κ1) is 19.5. The molecule has 146 valence electrons. The van der Waals surface area contributed by atoms with Gasteiger partial charge < -0.3 is 19.5 Å². The molecule has 5 nitrogen and oxygen atoms in total. The van der Waals surface area contributed by atoms with E-state index in [1.165, 1.54) is 6.07 Å². The molecule has 2 aromatic rings. The number of hydrogen-bond acceptors (Lipinski definition) is 5. The van der Waals surface area contributed by atoms with Gasteiger partial charge in [0, 0.05) is 32.7 Å². The van der Waals surface area contributed by atoms with Gasteiger partial charge in [-0.15, -0.1) is 0 Å². The van der Waals surface area contributed by atoms with Gasteiger partial charge in [-0.05, 0) is 31.2 Å².